The van der Waals surface area contributed by atoms with Crippen molar-refractivity contribution in [3.8, 4) is 46.3 Å². The molecule has 1 heterocycles. The van der Waals surface area contributed by atoms with Gasteiger partial charge in [-0.05, 0) is 63.0 Å². The number of nitriles is 2. The third kappa shape index (κ3) is 8.14. The first-order valence-electron chi connectivity index (χ1n) is 14.4. The molecular formula is C35H30BrN3O7. The largest absolute Gasteiger partial charge is 0.488 e. The lowest BCUT2D eigenvalue weighted by Crippen LogP contribution is -2.28. The zero-order valence-corrected chi connectivity index (χ0v) is 26.2. The van der Waals surface area contributed by atoms with E-state index in [4.69, 9.17) is 24.1 Å². The average Bonchev–Trinajstić information content (AvgIpc) is 3.06. The van der Waals surface area contributed by atoms with Gasteiger partial charge in [0.25, 0.3) is 0 Å². The van der Waals surface area contributed by atoms with E-state index in [0.717, 1.165) is 22.3 Å². The Labute approximate surface area is 274 Å². The number of nitrogens with one attached hydrogen (secondary N) is 1. The first kappa shape index (κ1) is 32.3. The average molecular weight is 685 g/mol. The highest BCUT2D eigenvalue weighted by molar-refractivity contribution is 9.10. The zero-order valence-electron chi connectivity index (χ0n) is 24.7. The number of hydrogen-bond donors (Lipinski definition) is 3. The van der Waals surface area contributed by atoms with Gasteiger partial charge in [0.05, 0.1) is 34.2 Å². The van der Waals surface area contributed by atoms with Gasteiger partial charge in [-0.1, -0.05) is 36.4 Å². The number of halogens is 1. The molecule has 10 nitrogen and oxygen atoms in total. The maximum Gasteiger partial charge on any atom is 0.306 e. The second-order valence-corrected chi connectivity index (χ2v) is 11.3. The molecular weight excluding hydrogens is 654 g/mol. The standard InChI is InChI=1S/C35H30BrN3O7/c36-30-12-26(18-39-19-27(40)14-35(41)42)32(45-20-23-4-1-3-22(11-23)16-37)15-33(30)46-21-25-5-2-6-28(29(25)17-38)24-7-8-31-34(13-24)44-10-9-43-31/h1-8,11-13,15,27,39-40H,9-10,14,18-21H2,(H,41,42). The number of carbonyl (C=O) groups is 1. The number of nitrogens with zero attached hydrogens (tertiary/aromatic N) is 2. The predicted molar refractivity (Wildman–Crippen MR) is 172 cm³/mol. The van der Waals surface area contributed by atoms with E-state index >= 15 is 0 Å². The first-order valence-corrected chi connectivity index (χ1v) is 15.2. The maximum absolute atomic E-state index is 10.9. The summed E-state index contributed by atoms with van der Waals surface area (Å²) < 4.78 is 24.4. The number of hydrogen-bond acceptors (Lipinski definition) is 9. The summed E-state index contributed by atoms with van der Waals surface area (Å²) >= 11 is 3.58. The molecule has 1 aliphatic heterocycles. The van der Waals surface area contributed by atoms with Crippen molar-refractivity contribution in [3.05, 3.63) is 105 Å². The highest BCUT2D eigenvalue weighted by atomic mass is 79.9. The van der Waals surface area contributed by atoms with Crippen LogP contribution in [0.5, 0.6) is 23.0 Å². The van der Waals surface area contributed by atoms with Crippen LogP contribution in [0.1, 0.15) is 34.2 Å². The van der Waals surface area contributed by atoms with Crippen molar-refractivity contribution in [1.82, 2.24) is 5.32 Å². The third-order valence-corrected chi connectivity index (χ3v) is 7.79. The second kappa shape index (κ2) is 15.3. The lowest BCUT2D eigenvalue weighted by atomic mass is 9.96. The Morgan fingerprint density at radius 3 is 2.48 bits per heavy atom. The van der Waals surface area contributed by atoms with Gasteiger partial charge < -0.3 is 34.5 Å². The molecule has 1 atom stereocenters. The topological polar surface area (TPSA) is 154 Å². The Morgan fingerprint density at radius 1 is 0.913 bits per heavy atom. The first-order chi connectivity index (χ1) is 22.3. The van der Waals surface area contributed by atoms with Crippen molar-refractivity contribution in [2.75, 3.05) is 19.8 Å². The van der Waals surface area contributed by atoms with Crippen molar-refractivity contribution in [3.63, 3.8) is 0 Å². The van der Waals surface area contributed by atoms with Crippen LogP contribution < -0.4 is 24.3 Å². The number of aliphatic hydroxyl groups is 1. The van der Waals surface area contributed by atoms with Crippen LogP contribution >= 0.6 is 15.9 Å². The number of aliphatic hydroxyl groups excluding tert-OH is 1. The molecule has 0 aliphatic carbocycles. The van der Waals surface area contributed by atoms with Crippen LogP contribution in [0, 0.1) is 22.7 Å². The lowest BCUT2D eigenvalue weighted by Gasteiger charge is -2.19. The number of carboxylic acids is 1. The summed E-state index contributed by atoms with van der Waals surface area (Å²) in [7, 11) is 0. The summed E-state index contributed by atoms with van der Waals surface area (Å²) in [5, 5.41) is 41.4. The number of rotatable bonds is 13. The minimum absolute atomic E-state index is 0.0719. The molecule has 0 radical (unpaired) electrons. The fourth-order valence-corrected chi connectivity index (χ4v) is 5.46. The summed E-state index contributed by atoms with van der Waals surface area (Å²) in [6.45, 7) is 1.59. The lowest BCUT2D eigenvalue weighted by molar-refractivity contribution is -0.139. The molecule has 0 saturated heterocycles. The predicted octanol–water partition coefficient (Wildman–Crippen LogP) is 5.71. The molecule has 0 bridgehead atoms. The number of benzene rings is 4. The fraction of sp³-hybridized carbons (Fsp3) is 0.229. The Kier molecular flexibility index (Phi) is 10.7. The number of carboxylic acid groups (broad SMARTS) is 1. The van der Waals surface area contributed by atoms with E-state index in [-0.39, 0.29) is 32.7 Å². The second-order valence-electron chi connectivity index (χ2n) is 10.5. The third-order valence-electron chi connectivity index (χ3n) is 7.17. The van der Waals surface area contributed by atoms with Crippen LogP contribution in [0.3, 0.4) is 0 Å². The molecule has 0 amide bonds. The van der Waals surface area contributed by atoms with E-state index in [9.17, 15) is 20.4 Å². The molecule has 3 N–H and O–H groups in total. The van der Waals surface area contributed by atoms with Gasteiger partial charge in [-0.3, -0.25) is 4.79 Å². The Hall–Kier alpha value is -5.07. The van der Waals surface area contributed by atoms with Crippen molar-refractivity contribution in [2.45, 2.75) is 32.3 Å². The van der Waals surface area contributed by atoms with Crippen LogP contribution in [0.25, 0.3) is 11.1 Å². The van der Waals surface area contributed by atoms with Gasteiger partial charge in [0, 0.05) is 30.3 Å². The van der Waals surface area contributed by atoms with E-state index in [0.29, 0.717) is 57.4 Å². The minimum atomic E-state index is -1.08. The van der Waals surface area contributed by atoms with Crippen LogP contribution in [0.15, 0.2) is 77.3 Å². The zero-order chi connectivity index (χ0) is 32.5. The Morgan fingerprint density at radius 2 is 1.70 bits per heavy atom. The Bertz CT molecular complexity index is 1820. The molecule has 1 aliphatic rings. The highest BCUT2D eigenvalue weighted by Crippen LogP contribution is 2.37. The summed E-state index contributed by atoms with van der Waals surface area (Å²) in [6.07, 6.45) is -1.42. The quantitative estimate of drug-likeness (QED) is 0.160. The van der Waals surface area contributed by atoms with Gasteiger partial charge in [0.2, 0.25) is 0 Å². The van der Waals surface area contributed by atoms with Gasteiger partial charge >= 0.3 is 5.97 Å². The SMILES string of the molecule is N#Cc1cccc(COc2cc(OCc3cccc(-c4ccc5c(c4)OCCO5)c3C#N)c(Br)cc2CNCC(O)CC(=O)O)c1. The number of aliphatic carboxylic acids is 1. The molecule has 0 fully saturated rings. The number of ether oxygens (including phenoxy) is 4. The van der Waals surface area contributed by atoms with Gasteiger partial charge in [-0.2, -0.15) is 10.5 Å². The molecule has 11 heteroatoms. The number of fused-ring (bicyclic) bond motifs is 1. The monoisotopic (exact) mass is 683 g/mol. The molecule has 0 saturated carbocycles. The molecule has 1 unspecified atom stereocenters. The molecule has 0 aromatic heterocycles. The van der Waals surface area contributed by atoms with E-state index in [2.05, 4.69) is 33.4 Å². The normalized spacial score (nSPS) is 12.4. The van der Waals surface area contributed by atoms with Crippen molar-refractivity contribution in [2.24, 2.45) is 0 Å². The highest BCUT2D eigenvalue weighted by Gasteiger charge is 2.18. The van der Waals surface area contributed by atoms with E-state index in [1.807, 2.05) is 48.5 Å². The Balaban J connectivity index is 1.37. The smallest absolute Gasteiger partial charge is 0.306 e. The van der Waals surface area contributed by atoms with Gasteiger partial charge in [0.15, 0.2) is 11.5 Å². The fourth-order valence-electron chi connectivity index (χ4n) is 4.96. The molecule has 46 heavy (non-hydrogen) atoms. The van der Waals surface area contributed by atoms with Crippen molar-refractivity contribution < 1.29 is 34.0 Å². The van der Waals surface area contributed by atoms with E-state index < -0.39 is 12.1 Å². The van der Waals surface area contributed by atoms with Crippen LogP contribution in [0.4, 0.5) is 0 Å². The van der Waals surface area contributed by atoms with Crippen LogP contribution in [0.2, 0.25) is 0 Å². The van der Waals surface area contributed by atoms with Crippen LogP contribution in [-0.2, 0) is 24.6 Å². The van der Waals surface area contributed by atoms with Crippen molar-refractivity contribution >= 4 is 21.9 Å². The molecule has 234 valence electrons. The van der Waals surface area contributed by atoms with Crippen LogP contribution in [-0.4, -0.2) is 42.0 Å². The summed E-state index contributed by atoms with van der Waals surface area (Å²) in [5.41, 5.74) is 4.79. The molecule has 5 rings (SSSR count). The summed E-state index contributed by atoms with van der Waals surface area (Å²) in [6, 6.07) is 26.3. The van der Waals surface area contributed by atoms with Crippen molar-refractivity contribution in [1.29, 1.82) is 10.5 Å². The van der Waals surface area contributed by atoms with E-state index in [1.54, 1.807) is 24.3 Å². The summed E-state index contributed by atoms with van der Waals surface area (Å²) in [5.74, 6) is 1.19. The molecule has 0 spiro atoms. The molecule has 4 aromatic rings. The van der Waals surface area contributed by atoms with Gasteiger partial charge in [-0.15, -0.1) is 0 Å². The molecule has 4 aromatic carbocycles. The minimum Gasteiger partial charge on any atom is -0.488 e. The maximum atomic E-state index is 10.9. The summed E-state index contributed by atoms with van der Waals surface area (Å²) in [4.78, 5) is 10.9. The van der Waals surface area contributed by atoms with Gasteiger partial charge in [-0.25, -0.2) is 0 Å². The van der Waals surface area contributed by atoms with E-state index in [1.165, 1.54) is 0 Å². The van der Waals surface area contributed by atoms with Gasteiger partial charge in [0.1, 0.15) is 44.0 Å².